The molecule has 30 heavy (non-hydrogen) atoms. The van der Waals surface area contributed by atoms with Crippen molar-refractivity contribution in [2.45, 2.75) is 33.3 Å². The molecule has 1 aliphatic heterocycles. The van der Waals surface area contributed by atoms with Crippen molar-refractivity contribution in [3.05, 3.63) is 59.7 Å². The third-order valence-corrected chi connectivity index (χ3v) is 6.18. The van der Waals surface area contributed by atoms with Gasteiger partial charge in [0.25, 0.3) is 5.91 Å². The Morgan fingerprint density at radius 1 is 1.20 bits per heavy atom. The van der Waals surface area contributed by atoms with Gasteiger partial charge in [0.1, 0.15) is 24.7 Å². The number of Topliss-reactive ketones (excluding diaryl/α,β-unsaturated/α-hetero) is 1. The molecule has 0 spiro atoms. The molecule has 1 aliphatic rings. The van der Waals surface area contributed by atoms with E-state index in [1.165, 1.54) is 0 Å². The second kappa shape index (κ2) is 10.9. The fourth-order valence-electron chi connectivity index (χ4n) is 3.22. The molecule has 3 rings (SSSR count). The number of carbonyl (C=O) groups is 2. The summed E-state index contributed by atoms with van der Waals surface area (Å²) >= 11 is 0. The first-order valence-electron chi connectivity index (χ1n) is 9.46. The van der Waals surface area contributed by atoms with Gasteiger partial charge < -0.3 is 6.16 Å². The summed E-state index contributed by atoms with van der Waals surface area (Å²) in [6.07, 6.45) is 0.995. The summed E-state index contributed by atoms with van der Waals surface area (Å²) in [7, 11) is -3.95. The second-order valence-corrected chi connectivity index (χ2v) is 8.63. The van der Waals surface area contributed by atoms with Gasteiger partial charge in [0.05, 0.1) is 5.69 Å². The predicted octanol–water partition coefficient (Wildman–Crippen LogP) is -0.279. The Balaban J connectivity index is 0.00000240. The van der Waals surface area contributed by atoms with Crippen molar-refractivity contribution in [3.8, 4) is 5.75 Å². The number of ketones is 1. The van der Waals surface area contributed by atoms with Gasteiger partial charge in [0.2, 0.25) is 0 Å². The van der Waals surface area contributed by atoms with Gasteiger partial charge in [0, 0.05) is 12.3 Å². The summed E-state index contributed by atoms with van der Waals surface area (Å²) < 4.78 is 33.5. The van der Waals surface area contributed by atoms with E-state index in [2.05, 4.69) is 0 Å². The van der Waals surface area contributed by atoms with E-state index in [1.54, 1.807) is 18.2 Å². The van der Waals surface area contributed by atoms with Crippen LogP contribution in [0.1, 0.15) is 32.8 Å². The fraction of sp³-hybridized carbons (Fsp3) is 0.333. The van der Waals surface area contributed by atoms with Crippen LogP contribution in [-0.2, 0) is 32.8 Å². The molecule has 156 valence electrons. The van der Waals surface area contributed by atoms with Gasteiger partial charge in [-0.05, 0) is 29.7 Å². The minimum absolute atomic E-state index is 0. The van der Waals surface area contributed by atoms with E-state index in [9.17, 15) is 18.0 Å². The number of anilines is 1. The predicted molar refractivity (Wildman–Crippen MR) is 111 cm³/mol. The van der Waals surface area contributed by atoms with Gasteiger partial charge in [0.15, 0.2) is 0 Å². The molecule has 0 aliphatic carbocycles. The first-order valence-corrected chi connectivity index (χ1v) is 10.9. The van der Waals surface area contributed by atoms with E-state index in [1.807, 2.05) is 48.9 Å². The molecule has 1 amide bonds. The number of nitrogens with zero attached hydrogens (tertiary/aromatic N) is 1. The van der Waals surface area contributed by atoms with Crippen molar-refractivity contribution in [2.24, 2.45) is 5.92 Å². The molecule has 0 radical (unpaired) electrons. The molecule has 1 fully saturated rings. The molecule has 1 saturated heterocycles. The average molecular weight is 457 g/mol. The molecule has 9 heteroatoms. The van der Waals surface area contributed by atoms with Gasteiger partial charge >= 0.3 is 61.6 Å². The van der Waals surface area contributed by atoms with Crippen LogP contribution in [0.4, 0.5) is 5.69 Å². The van der Waals surface area contributed by atoms with Crippen LogP contribution in [0.15, 0.2) is 48.5 Å². The number of rotatable bonds is 8. The van der Waals surface area contributed by atoms with Crippen molar-refractivity contribution < 1.29 is 75.6 Å². The normalized spacial score (nSPS) is 15.8. The topological polar surface area (TPSA) is 92.8 Å². The zero-order valence-corrected chi connectivity index (χ0v) is 21.4. The maximum Gasteiger partial charge on any atom is 1.00 e. The Morgan fingerprint density at radius 2 is 1.90 bits per heavy atom. The Hall–Kier alpha value is -1.23. The number of carbonyl (C=O) groups excluding carboxylic acids is 2. The van der Waals surface area contributed by atoms with Crippen molar-refractivity contribution in [1.82, 2.24) is 4.72 Å². The Kier molecular flexibility index (Phi) is 9.07. The standard InChI is InChI=1S/C21H24N2O5S.K.H/c1-3-19(24)15(2)11-17-9-10-18(23-13-21(25)22-29(23,26)27)20(12-17)28-14-16-7-5-4-6-8-16;;/h4-10,12,15H,3,11,13-14H2,1-2H3,(H,22,25);;/q;+1;-1. The molecule has 1 unspecified atom stereocenters. The molecule has 0 bridgehead atoms. The summed E-state index contributed by atoms with van der Waals surface area (Å²) in [5.74, 6) is -0.225. The summed E-state index contributed by atoms with van der Waals surface area (Å²) in [5.41, 5.74) is 2.08. The maximum atomic E-state index is 12.3. The SMILES string of the molecule is CCC(=O)C(C)Cc1ccc(N2CC(=O)NS2(=O)=O)c(OCc2ccccc2)c1.[H-].[K+]. The molecular formula is C21H25KN2O5S. The van der Waals surface area contributed by atoms with Crippen LogP contribution in [0.5, 0.6) is 5.75 Å². The van der Waals surface area contributed by atoms with Crippen molar-refractivity contribution in [1.29, 1.82) is 0 Å². The van der Waals surface area contributed by atoms with E-state index < -0.39 is 16.1 Å². The molecule has 0 aromatic heterocycles. The van der Waals surface area contributed by atoms with Crippen molar-refractivity contribution in [3.63, 3.8) is 0 Å². The third kappa shape index (κ3) is 6.15. The average Bonchev–Trinajstić information content (AvgIpc) is 2.98. The molecule has 7 nitrogen and oxygen atoms in total. The molecule has 1 atom stereocenters. The Labute approximate surface area is 221 Å². The largest absolute Gasteiger partial charge is 1.00 e. The molecular weight excluding hydrogens is 431 g/mol. The van der Waals surface area contributed by atoms with Crippen LogP contribution >= 0.6 is 0 Å². The van der Waals surface area contributed by atoms with Crippen LogP contribution in [-0.4, -0.2) is 26.7 Å². The van der Waals surface area contributed by atoms with E-state index in [4.69, 9.17) is 4.74 Å². The van der Waals surface area contributed by atoms with Crippen LogP contribution in [0.2, 0.25) is 0 Å². The molecule has 0 saturated carbocycles. The van der Waals surface area contributed by atoms with E-state index in [-0.39, 0.29) is 83.4 Å². The number of hydrogen-bond donors (Lipinski definition) is 1. The Bertz CT molecular complexity index is 1020. The molecule has 1 heterocycles. The monoisotopic (exact) mass is 456 g/mol. The summed E-state index contributed by atoms with van der Waals surface area (Å²) in [5, 5.41) is 0. The van der Waals surface area contributed by atoms with Crippen LogP contribution < -0.4 is 65.1 Å². The number of benzene rings is 2. The second-order valence-electron chi connectivity index (χ2n) is 7.04. The van der Waals surface area contributed by atoms with Crippen molar-refractivity contribution >= 4 is 27.6 Å². The molecule has 1 N–H and O–H groups in total. The smallest absolute Gasteiger partial charge is 1.00 e. The number of nitrogens with one attached hydrogen (secondary N) is 1. The van der Waals surface area contributed by atoms with Crippen LogP contribution in [0, 0.1) is 5.92 Å². The van der Waals surface area contributed by atoms with Crippen LogP contribution in [0.25, 0.3) is 0 Å². The number of hydrogen-bond acceptors (Lipinski definition) is 5. The van der Waals surface area contributed by atoms with Gasteiger partial charge in [-0.15, -0.1) is 0 Å². The van der Waals surface area contributed by atoms with E-state index in [0.29, 0.717) is 18.6 Å². The fourth-order valence-corrected chi connectivity index (χ4v) is 4.38. The third-order valence-electron chi connectivity index (χ3n) is 4.79. The Morgan fingerprint density at radius 3 is 2.50 bits per heavy atom. The zero-order chi connectivity index (χ0) is 21.0. The quantitative estimate of drug-likeness (QED) is 0.552. The van der Waals surface area contributed by atoms with Gasteiger partial charge in [-0.1, -0.05) is 50.2 Å². The first-order chi connectivity index (χ1) is 13.8. The zero-order valence-electron chi connectivity index (χ0n) is 18.4. The van der Waals surface area contributed by atoms with E-state index in [0.717, 1.165) is 15.4 Å². The minimum Gasteiger partial charge on any atom is -1.00 e. The number of ether oxygens (including phenoxy) is 1. The first kappa shape index (κ1) is 25.0. The van der Waals surface area contributed by atoms with E-state index >= 15 is 0 Å². The summed E-state index contributed by atoms with van der Waals surface area (Å²) in [6, 6.07) is 14.6. The molecule has 2 aromatic carbocycles. The van der Waals surface area contributed by atoms with Crippen LogP contribution in [0.3, 0.4) is 0 Å². The maximum absolute atomic E-state index is 12.3. The summed E-state index contributed by atoms with van der Waals surface area (Å²) in [4.78, 5) is 23.6. The van der Waals surface area contributed by atoms with Gasteiger partial charge in [-0.2, -0.15) is 8.42 Å². The molecule has 2 aromatic rings. The summed E-state index contributed by atoms with van der Waals surface area (Å²) in [6.45, 7) is 3.65. The van der Waals surface area contributed by atoms with Gasteiger partial charge in [-0.3, -0.25) is 9.59 Å². The minimum atomic E-state index is -3.95. The van der Waals surface area contributed by atoms with Crippen molar-refractivity contribution in [2.75, 3.05) is 10.8 Å². The number of amides is 1. The van der Waals surface area contributed by atoms with Gasteiger partial charge in [-0.25, -0.2) is 9.03 Å².